The Labute approximate surface area is 113 Å². The zero-order valence-corrected chi connectivity index (χ0v) is 11.7. The van der Waals surface area contributed by atoms with E-state index in [0.29, 0.717) is 18.6 Å². The maximum absolute atomic E-state index is 11.7. The zero-order chi connectivity index (χ0) is 14.0. The van der Waals surface area contributed by atoms with Gasteiger partial charge in [-0.05, 0) is 34.0 Å². The first-order chi connectivity index (χ1) is 8.56. The molecular formula is C10H17N2O4PS. The minimum absolute atomic E-state index is 0.217. The molecule has 8 heteroatoms. The van der Waals surface area contributed by atoms with Crippen LogP contribution in [0.3, 0.4) is 0 Å². The molecule has 0 saturated carbocycles. The van der Waals surface area contributed by atoms with Gasteiger partial charge >= 0.3 is 5.97 Å². The molecule has 18 heavy (non-hydrogen) atoms. The van der Waals surface area contributed by atoms with Crippen LogP contribution in [0.2, 0.25) is 0 Å². The number of thiol groups is 1. The van der Waals surface area contributed by atoms with E-state index < -0.39 is 24.0 Å². The number of hydrogen-bond acceptors (Lipinski definition) is 5. The van der Waals surface area contributed by atoms with Crippen molar-refractivity contribution in [1.82, 2.24) is 5.32 Å². The van der Waals surface area contributed by atoms with Gasteiger partial charge in [-0.1, -0.05) is 0 Å². The van der Waals surface area contributed by atoms with Gasteiger partial charge in [-0.15, -0.1) is 0 Å². The van der Waals surface area contributed by atoms with E-state index in [1.165, 1.54) is 0 Å². The second-order valence-corrected chi connectivity index (χ2v) is 4.36. The molecule has 0 bridgehead atoms. The fraction of sp³-hybridized carbons (Fsp3) is 0.700. The van der Waals surface area contributed by atoms with Crippen molar-refractivity contribution in [2.24, 2.45) is 4.74 Å². The summed E-state index contributed by atoms with van der Waals surface area (Å²) in [6.45, 7) is 0. The van der Waals surface area contributed by atoms with Crippen LogP contribution in [0.4, 0.5) is 0 Å². The largest absolute Gasteiger partial charge is 0.480 e. The van der Waals surface area contributed by atoms with Crippen LogP contribution < -0.4 is 5.32 Å². The van der Waals surface area contributed by atoms with Crippen molar-refractivity contribution in [3.05, 3.63) is 0 Å². The number of carbonyl (C=O) groups is 3. The highest BCUT2D eigenvalue weighted by Gasteiger charge is 2.23. The van der Waals surface area contributed by atoms with E-state index in [4.69, 9.17) is 5.11 Å². The molecule has 0 aromatic heterocycles. The number of amides is 1. The second kappa shape index (κ2) is 10.0. The molecular weight excluding hydrogens is 275 g/mol. The maximum atomic E-state index is 11.7. The molecule has 0 aromatic carbocycles. The average Bonchev–Trinajstić information content (AvgIpc) is 2.34. The predicted molar refractivity (Wildman–Crippen MR) is 72.5 cm³/mol. The number of aliphatic carboxylic acids is 1. The molecule has 0 fully saturated rings. The monoisotopic (exact) mass is 292 g/mol. The third kappa shape index (κ3) is 6.71. The van der Waals surface area contributed by atoms with Crippen LogP contribution >= 0.6 is 21.7 Å². The lowest BCUT2D eigenvalue weighted by atomic mass is 10.1. The fourth-order valence-electron chi connectivity index (χ4n) is 1.31. The van der Waals surface area contributed by atoms with E-state index in [0.717, 1.165) is 6.29 Å². The van der Waals surface area contributed by atoms with E-state index in [-0.39, 0.29) is 12.8 Å². The molecule has 0 spiro atoms. The Kier molecular flexibility index (Phi) is 9.50. The van der Waals surface area contributed by atoms with Gasteiger partial charge in [0.05, 0.1) is 0 Å². The Morgan fingerprint density at radius 2 is 2.11 bits per heavy atom. The third-order valence-corrected chi connectivity index (χ3v) is 2.86. The van der Waals surface area contributed by atoms with Crippen molar-refractivity contribution in [1.29, 1.82) is 0 Å². The summed E-state index contributed by atoms with van der Waals surface area (Å²) in [5, 5.41) is 11.3. The van der Waals surface area contributed by atoms with Crippen LogP contribution in [0.25, 0.3) is 0 Å². The summed E-state index contributed by atoms with van der Waals surface area (Å²) in [6, 6.07) is -1.65. The molecule has 2 N–H and O–H groups in total. The lowest BCUT2D eigenvalue weighted by Gasteiger charge is -2.16. The summed E-state index contributed by atoms with van der Waals surface area (Å²) < 4.78 is 3.68. The molecule has 2 unspecified atom stereocenters. The van der Waals surface area contributed by atoms with E-state index in [2.05, 4.69) is 31.7 Å². The maximum Gasteiger partial charge on any atom is 0.326 e. The summed E-state index contributed by atoms with van der Waals surface area (Å²) in [5.74, 6) is -1.11. The van der Waals surface area contributed by atoms with Crippen molar-refractivity contribution in [3.63, 3.8) is 0 Å². The number of carboxylic acids is 1. The lowest BCUT2D eigenvalue weighted by Crippen LogP contribution is -2.45. The van der Waals surface area contributed by atoms with E-state index in [1.807, 2.05) is 0 Å². The smallest absolute Gasteiger partial charge is 0.326 e. The van der Waals surface area contributed by atoms with Crippen molar-refractivity contribution in [2.75, 3.05) is 5.75 Å². The molecule has 0 aliphatic carbocycles. The molecule has 6 nitrogen and oxygen atoms in total. The van der Waals surface area contributed by atoms with Gasteiger partial charge in [0, 0.05) is 6.42 Å². The van der Waals surface area contributed by atoms with Crippen LogP contribution in [0, 0.1) is 0 Å². The number of nitrogens with one attached hydrogen (secondary N) is 1. The highest BCUT2D eigenvalue weighted by atomic mass is 32.1. The minimum atomic E-state index is -1.12. The number of carbonyl (C=O) groups excluding carboxylic acids is 2. The summed E-state index contributed by atoms with van der Waals surface area (Å²) in [4.78, 5) is 32.8. The standard InChI is InChI=1S/C10H17N2O4PS/c13-5-2-1-3-8(10(15)16)11-9(14)7(12-17)4-6-18/h5,7-8,17-18H,1-4,6H2,(H,11,14)(H,15,16). The number of nitrogens with zero attached hydrogens (tertiary/aromatic N) is 1. The first kappa shape index (κ1) is 17.1. The second-order valence-electron chi connectivity index (χ2n) is 3.65. The quantitative estimate of drug-likeness (QED) is 0.242. The molecule has 0 rings (SSSR count). The molecule has 1 amide bonds. The van der Waals surface area contributed by atoms with Gasteiger partial charge in [0.1, 0.15) is 18.4 Å². The Balaban J connectivity index is 4.37. The van der Waals surface area contributed by atoms with Gasteiger partial charge in [-0.25, -0.2) is 4.79 Å². The van der Waals surface area contributed by atoms with Crippen molar-refractivity contribution >= 4 is 39.8 Å². The van der Waals surface area contributed by atoms with Gasteiger partial charge in [0.25, 0.3) is 0 Å². The molecule has 0 heterocycles. The zero-order valence-electron chi connectivity index (χ0n) is 9.83. The number of hydrogen-bond donors (Lipinski definition) is 3. The molecule has 2 atom stereocenters. The number of rotatable bonds is 10. The number of aldehydes is 1. The Bertz CT molecular complexity index is 314. The number of unbranched alkanes of at least 4 members (excludes halogenated alkanes) is 1. The number of carboxylic acid groups (broad SMARTS) is 1. The topological polar surface area (TPSA) is 95.8 Å². The lowest BCUT2D eigenvalue weighted by molar-refractivity contribution is -0.142. The summed E-state index contributed by atoms with van der Waals surface area (Å²) >= 11 is 3.99. The van der Waals surface area contributed by atoms with Crippen molar-refractivity contribution in [3.8, 4) is 0 Å². The third-order valence-electron chi connectivity index (χ3n) is 2.29. The minimum Gasteiger partial charge on any atom is -0.480 e. The van der Waals surface area contributed by atoms with Gasteiger partial charge in [0.15, 0.2) is 0 Å². The Morgan fingerprint density at radius 1 is 1.44 bits per heavy atom. The highest BCUT2D eigenvalue weighted by molar-refractivity contribution is 7.80. The molecule has 0 saturated heterocycles. The normalized spacial score (nSPS) is 13.4. The van der Waals surface area contributed by atoms with Gasteiger partial charge in [-0.3, -0.25) is 9.54 Å². The SMILES string of the molecule is O=CCCCC(NC(=O)C(CCS)N=P)C(=O)O. The molecule has 0 radical (unpaired) electrons. The van der Waals surface area contributed by atoms with Crippen LogP contribution in [-0.2, 0) is 14.4 Å². The van der Waals surface area contributed by atoms with Crippen LogP contribution in [0.5, 0.6) is 0 Å². The highest BCUT2D eigenvalue weighted by Crippen LogP contribution is 2.05. The summed E-state index contributed by atoms with van der Waals surface area (Å²) in [7, 11) is 2.89. The van der Waals surface area contributed by atoms with E-state index >= 15 is 0 Å². The summed E-state index contributed by atoms with van der Waals surface area (Å²) in [6.07, 6.45) is 2.05. The summed E-state index contributed by atoms with van der Waals surface area (Å²) in [5.41, 5.74) is 0. The first-order valence-corrected chi connectivity index (χ1v) is 6.59. The molecule has 102 valence electrons. The van der Waals surface area contributed by atoms with E-state index in [1.54, 1.807) is 0 Å². The molecule has 0 aliphatic heterocycles. The molecule has 0 aliphatic rings. The van der Waals surface area contributed by atoms with Crippen LogP contribution in [-0.4, -0.2) is 41.1 Å². The van der Waals surface area contributed by atoms with Gasteiger partial charge < -0.3 is 15.2 Å². The van der Waals surface area contributed by atoms with Crippen LogP contribution in [0.1, 0.15) is 25.7 Å². The molecule has 0 aromatic rings. The Morgan fingerprint density at radius 3 is 2.56 bits per heavy atom. The first-order valence-electron chi connectivity index (χ1n) is 5.51. The average molecular weight is 292 g/mol. The van der Waals surface area contributed by atoms with Gasteiger partial charge in [0.2, 0.25) is 5.91 Å². The van der Waals surface area contributed by atoms with Crippen LogP contribution in [0.15, 0.2) is 4.74 Å². The van der Waals surface area contributed by atoms with Crippen molar-refractivity contribution in [2.45, 2.75) is 37.8 Å². The van der Waals surface area contributed by atoms with Crippen molar-refractivity contribution < 1.29 is 19.5 Å². The van der Waals surface area contributed by atoms with Gasteiger partial charge in [-0.2, -0.15) is 12.6 Å². The fourth-order valence-corrected chi connectivity index (χ4v) is 1.80. The predicted octanol–water partition coefficient (Wildman–Crippen LogP) is 0.940. The Hall–Kier alpha value is -0.940. The van der Waals surface area contributed by atoms with E-state index in [9.17, 15) is 14.4 Å².